The maximum Gasteiger partial charge on any atom is 0.338 e. The fourth-order valence-electron chi connectivity index (χ4n) is 1.51. The van der Waals surface area contributed by atoms with E-state index in [0.29, 0.717) is 6.16 Å². The zero-order chi connectivity index (χ0) is 11.5. The van der Waals surface area contributed by atoms with Gasteiger partial charge in [-0.1, -0.05) is 44.1 Å². The summed E-state index contributed by atoms with van der Waals surface area (Å²) in [5.41, 5.74) is 0. The Morgan fingerprint density at radius 3 is 2.27 bits per heavy atom. The molecule has 2 nitrogen and oxygen atoms in total. The second-order valence-corrected chi connectivity index (χ2v) is 6.08. The van der Waals surface area contributed by atoms with Gasteiger partial charge >= 0.3 is 7.80 Å². The monoisotopic (exact) mass is 233 g/mol. The van der Waals surface area contributed by atoms with Crippen molar-refractivity contribution < 1.29 is 9.67 Å². The molecule has 0 amide bonds. The van der Waals surface area contributed by atoms with E-state index in [1.54, 1.807) is 0 Å². The molecule has 0 rings (SSSR count). The molecule has 0 aromatic heterocycles. The number of hydrogen-bond acceptors (Lipinski definition) is 2. The normalized spacial score (nSPS) is 13.9. The van der Waals surface area contributed by atoms with Crippen molar-refractivity contribution in [2.24, 2.45) is 0 Å². The third-order valence-corrected chi connectivity index (χ3v) is 4.19. The smallest absolute Gasteiger partial charge is 0.338 e. The van der Waals surface area contributed by atoms with Crippen LogP contribution in [0, 0.1) is 0 Å². The molecule has 90 valence electrons. The van der Waals surface area contributed by atoms with E-state index in [0.717, 1.165) is 38.3 Å². The van der Waals surface area contributed by atoms with E-state index in [1.807, 2.05) is 0 Å². The molecule has 0 bridgehead atoms. The lowest BCUT2D eigenvalue weighted by atomic mass is 10.1. The molecule has 3 heteroatoms. The highest BCUT2D eigenvalue weighted by molar-refractivity contribution is 7.44. The average Bonchev–Trinajstić information content (AvgIpc) is 2.24. The van der Waals surface area contributed by atoms with Crippen LogP contribution in [0.5, 0.6) is 0 Å². The second-order valence-electron chi connectivity index (χ2n) is 4.22. The Morgan fingerprint density at radius 1 is 1.00 bits per heavy atom. The number of aliphatic hydroxyl groups is 1. The van der Waals surface area contributed by atoms with Crippen molar-refractivity contribution in [3.05, 3.63) is 0 Å². The molecule has 0 radical (unpaired) electrons. The molecule has 2 atom stereocenters. The molecule has 0 aliphatic rings. The Kier molecular flexibility index (Phi) is 10.6. The summed E-state index contributed by atoms with van der Waals surface area (Å²) >= 11 is 0. The van der Waals surface area contributed by atoms with E-state index in [4.69, 9.17) is 0 Å². The van der Waals surface area contributed by atoms with Gasteiger partial charge in [-0.05, 0) is 12.8 Å². The highest BCUT2D eigenvalue weighted by atomic mass is 31.1. The lowest BCUT2D eigenvalue weighted by Gasteiger charge is -2.06. The summed E-state index contributed by atoms with van der Waals surface area (Å²) in [6.07, 6.45) is 8.59. The fourth-order valence-corrected chi connectivity index (χ4v) is 2.99. The van der Waals surface area contributed by atoms with Crippen LogP contribution in [0.25, 0.3) is 0 Å². The van der Waals surface area contributed by atoms with Crippen LogP contribution in [0.4, 0.5) is 0 Å². The first kappa shape index (κ1) is 15.1. The molecule has 0 aliphatic heterocycles. The van der Waals surface area contributed by atoms with Crippen LogP contribution in [0.15, 0.2) is 0 Å². The van der Waals surface area contributed by atoms with E-state index in [9.17, 15) is 9.67 Å². The summed E-state index contributed by atoms with van der Waals surface area (Å²) in [6.45, 7) is 4.27. The van der Waals surface area contributed by atoms with Gasteiger partial charge in [-0.15, -0.1) is 0 Å². The van der Waals surface area contributed by atoms with Crippen LogP contribution in [-0.4, -0.2) is 23.5 Å². The third-order valence-electron chi connectivity index (χ3n) is 2.61. The van der Waals surface area contributed by atoms with Crippen LogP contribution in [0.1, 0.15) is 58.8 Å². The molecule has 0 saturated carbocycles. The van der Waals surface area contributed by atoms with Crippen molar-refractivity contribution in [2.75, 3.05) is 12.3 Å². The molecule has 0 fully saturated rings. The summed E-state index contributed by atoms with van der Waals surface area (Å²) in [5.74, 6) is 0. The van der Waals surface area contributed by atoms with E-state index in [2.05, 4.69) is 13.8 Å². The highest BCUT2D eigenvalue weighted by Crippen LogP contribution is 2.24. The topological polar surface area (TPSA) is 37.3 Å². The molecule has 1 N–H and O–H groups in total. The Balaban J connectivity index is 3.36. The van der Waals surface area contributed by atoms with Crippen LogP contribution < -0.4 is 0 Å². The van der Waals surface area contributed by atoms with Gasteiger partial charge < -0.3 is 5.11 Å². The van der Waals surface area contributed by atoms with Crippen LogP contribution in [-0.2, 0) is 4.57 Å². The molecular formula is C12H26O2P+. The SMILES string of the molecule is CCCCCC(O)CC[P+](=O)CCCC. The Morgan fingerprint density at radius 2 is 1.67 bits per heavy atom. The lowest BCUT2D eigenvalue weighted by Crippen LogP contribution is -2.07. The van der Waals surface area contributed by atoms with Gasteiger partial charge in [0.25, 0.3) is 0 Å². The standard InChI is InChI=1S/C12H26O2P/c1-3-5-7-8-12(13)9-11-15(14)10-6-4-2/h12-13H,3-11H2,1-2H3/q+1. The van der Waals surface area contributed by atoms with E-state index in [1.165, 1.54) is 12.8 Å². The van der Waals surface area contributed by atoms with Crippen molar-refractivity contribution in [1.82, 2.24) is 0 Å². The molecule has 0 aromatic rings. The van der Waals surface area contributed by atoms with Gasteiger partial charge in [0.1, 0.15) is 12.3 Å². The molecule has 0 saturated heterocycles. The van der Waals surface area contributed by atoms with Crippen molar-refractivity contribution in [2.45, 2.75) is 64.9 Å². The first-order valence-electron chi connectivity index (χ1n) is 6.30. The van der Waals surface area contributed by atoms with E-state index in [-0.39, 0.29) is 6.10 Å². The summed E-state index contributed by atoms with van der Waals surface area (Å²) < 4.78 is 11.5. The Labute approximate surface area is 95.3 Å². The molecule has 2 unspecified atom stereocenters. The number of rotatable bonds is 10. The van der Waals surface area contributed by atoms with Gasteiger partial charge in [0.2, 0.25) is 0 Å². The largest absolute Gasteiger partial charge is 0.393 e. The highest BCUT2D eigenvalue weighted by Gasteiger charge is 2.16. The summed E-state index contributed by atoms with van der Waals surface area (Å²) in [6, 6.07) is 0. The maximum absolute atomic E-state index is 11.5. The maximum atomic E-state index is 11.5. The summed E-state index contributed by atoms with van der Waals surface area (Å²) in [4.78, 5) is 0. The van der Waals surface area contributed by atoms with Gasteiger partial charge in [0, 0.05) is 6.42 Å². The quantitative estimate of drug-likeness (QED) is 0.458. The minimum atomic E-state index is -1.05. The first-order valence-corrected chi connectivity index (χ1v) is 7.93. The van der Waals surface area contributed by atoms with Gasteiger partial charge in [-0.25, -0.2) is 0 Å². The van der Waals surface area contributed by atoms with Gasteiger partial charge in [0.15, 0.2) is 0 Å². The van der Waals surface area contributed by atoms with Crippen molar-refractivity contribution in [3.63, 3.8) is 0 Å². The Bertz CT molecular complexity index is 160. The minimum absolute atomic E-state index is 0.225. The molecule has 15 heavy (non-hydrogen) atoms. The zero-order valence-corrected chi connectivity index (χ0v) is 11.1. The zero-order valence-electron chi connectivity index (χ0n) is 10.2. The predicted octanol–water partition coefficient (Wildman–Crippen LogP) is 3.95. The van der Waals surface area contributed by atoms with Crippen LogP contribution in [0.2, 0.25) is 0 Å². The van der Waals surface area contributed by atoms with E-state index < -0.39 is 7.80 Å². The molecule has 0 spiro atoms. The van der Waals surface area contributed by atoms with E-state index >= 15 is 0 Å². The summed E-state index contributed by atoms with van der Waals surface area (Å²) in [7, 11) is -1.05. The molecule has 0 aliphatic carbocycles. The van der Waals surface area contributed by atoms with Crippen molar-refractivity contribution in [1.29, 1.82) is 0 Å². The average molecular weight is 233 g/mol. The van der Waals surface area contributed by atoms with Crippen LogP contribution >= 0.6 is 7.80 Å². The summed E-state index contributed by atoms with van der Waals surface area (Å²) in [5, 5.41) is 9.62. The lowest BCUT2D eigenvalue weighted by molar-refractivity contribution is 0.157. The fraction of sp³-hybridized carbons (Fsp3) is 1.00. The number of unbranched alkanes of at least 4 members (excludes halogenated alkanes) is 3. The van der Waals surface area contributed by atoms with Gasteiger partial charge in [-0.3, -0.25) is 0 Å². The van der Waals surface area contributed by atoms with Crippen LogP contribution in [0.3, 0.4) is 0 Å². The molecular weight excluding hydrogens is 207 g/mol. The minimum Gasteiger partial charge on any atom is -0.393 e. The van der Waals surface area contributed by atoms with Crippen molar-refractivity contribution in [3.8, 4) is 0 Å². The molecule has 0 aromatic carbocycles. The second kappa shape index (κ2) is 10.6. The first-order chi connectivity index (χ1) is 7.20. The van der Waals surface area contributed by atoms with Crippen molar-refractivity contribution >= 4 is 7.80 Å². The number of hydrogen-bond donors (Lipinski definition) is 1. The predicted molar refractivity (Wildman–Crippen MR) is 67.0 cm³/mol. The molecule has 0 heterocycles. The Hall–Kier alpha value is 0.0600. The number of aliphatic hydroxyl groups excluding tert-OH is 1. The third kappa shape index (κ3) is 10.3. The van der Waals surface area contributed by atoms with Gasteiger partial charge in [0.05, 0.1) is 6.10 Å². The van der Waals surface area contributed by atoms with Gasteiger partial charge in [-0.2, -0.15) is 0 Å².